The van der Waals surface area contributed by atoms with E-state index in [9.17, 15) is 4.79 Å². The number of fused-ring (bicyclic) bond motifs is 5. The summed E-state index contributed by atoms with van der Waals surface area (Å²) in [7, 11) is 1.40. The van der Waals surface area contributed by atoms with Gasteiger partial charge in [0.2, 0.25) is 0 Å². The van der Waals surface area contributed by atoms with Gasteiger partial charge in [-0.2, -0.15) is 0 Å². The van der Waals surface area contributed by atoms with Crippen LogP contribution < -0.4 is 15.5 Å². The topological polar surface area (TPSA) is 53.6 Å². The standard InChI is InChI=1S/C19H20ClN3O2/c1-25-19(24)22-16-7-4-10-23-17-11-12(20)8-9-15(17)21-14-6-3-2-5-13(14)18(16)23/h2-3,5-6,8-9,11,16,18,21H,4,7,10H2,1H3,(H,22,24)/t16-,18-/m1/s1. The number of amides is 1. The Labute approximate surface area is 151 Å². The number of hydrogen-bond donors (Lipinski definition) is 2. The quantitative estimate of drug-likeness (QED) is 0.791. The SMILES string of the molecule is COC(=O)N[C@@H]1CCCN2c3cc(Cl)ccc3Nc3ccccc3[C@H]12. The molecule has 2 aliphatic rings. The molecule has 25 heavy (non-hydrogen) atoms. The maximum absolute atomic E-state index is 11.9. The maximum Gasteiger partial charge on any atom is 0.407 e. The van der Waals surface area contributed by atoms with Crippen LogP contribution >= 0.6 is 11.6 Å². The molecule has 0 bridgehead atoms. The van der Waals surface area contributed by atoms with Crippen LogP contribution in [0.5, 0.6) is 0 Å². The number of nitrogens with one attached hydrogen (secondary N) is 2. The predicted molar refractivity (Wildman–Crippen MR) is 99.8 cm³/mol. The van der Waals surface area contributed by atoms with Gasteiger partial charge in [0.05, 0.1) is 30.6 Å². The predicted octanol–water partition coefficient (Wildman–Crippen LogP) is 4.46. The normalized spacial score (nSPS) is 21.1. The number of methoxy groups -OCH3 is 1. The lowest BCUT2D eigenvalue weighted by Crippen LogP contribution is -2.50. The zero-order chi connectivity index (χ0) is 17.4. The fourth-order valence-electron chi connectivity index (χ4n) is 3.87. The molecule has 0 saturated carbocycles. The number of rotatable bonds is 1. The summed E-state index contributed by atoms with van der Waals surface area (Å²) in [4.78, 5) is 14.2. The van der Waals surface area contributed by atoms with Crippen molar-refractivity contribution in [3.8, 4) is 0 Å². The summed E-state index contributed by atoms with van der Waals surface area (Å²) in [5, 5.41) is 7.25. The molecule has 130 valence electrons. The highest BCUT2D eigenvalue weighted by atomic mass is 35.5. The van der Waals surface area contributed by atoms with E-state index < -0.39 is 6.09 Å². The Kier molecular flexibility index (Phi) is 4.17. The molecule has 2 aliphatic heterocycles. The Balaban J connectivity index is 1.85. The second-order valence-corrected chi connectivity index (χ2v) is 6.83. The minimum Gasteiger partial charge on any atom is -0.453 e. The highest BCUT2D eigenvalue weighted by molar-refractivity contribution is 6.31. The van der Waals surface area contributed by atoms with Crippen molar-refractivity contribution in [3.63, 3.8) is 0 Å². The number of carbonyl (C=O) groups is 1. The van der Waals surface area contributed by atoms with Crippen molar-refractivity contribution in [2.45, 2.75) is 24.9 Å². The van der Waals surface area contributed by atoms with Crippen LogP contribution in [0.25, 0.3) is 0 Å². The summed E-state index contributed by atoms with van der Waals surface area (Å²) >= 11 is 6.27. The maximum atomic E-state index is 11.9. The number of benzene rings is 2. The Bertz CT molecular complexity index is 811. The van der Waals surface area contributed by atoms with Gasteiger partial charge in [0.15, 0.2) is 0 Å². The van der Waals surface area contributed by atoms with Crippen molar-refractivity contribution in [3.05, 3.63) is 53.1 Å². The summed E-state index contributed by atoms with van der Waals surface area (Å²) in [5.41, 5.74) is 4.30. The van der Waals surface area contributed by atoms with Crippen molar-refractivity contribution in [1.29, 1.82) is 0 Å². The third-order valence-electron chi connectivity index (χ3n) is 4.94. The van der Waals surface area contributed by atoms with Gasteiger partial charge in [0.1, 0.15) is 0 Å². The molecule has 2 atom stereocenters. The van der Waals surface area contributed by atoms with Crippen LogP contribution in [0.3, 0.4) is 0 Å². The molecule has 2 N–H and O–H groups in total. The van der Waals surface area contributed by atoms with Gasteiger partial charge in [-0.15, -0.1) is 0 Å². The smallest absolute Gasteiger partial charge is 0.407 e. The van der Waals surface area contributed by atoms with Crippen LogP contribution in [-0.4, -0.2) is 25.8 Å². The number of nitrogens with zero attached hydrogens (tertiary/aromatic N) is 1. The lowest BCUT2D eigenvalue weighted by molar-refractivity contribution is 0.161. The first-order valence-corrected chi connectivity index (χ1v) is 8.82. The third kappa shape index (κ3) is 2.89. The van der Waals surface area contributed by atoms with Gasteiger partial charge < -0.3 is 20.3 Å². The molecule has 2 aromatic rings. The zero-order valence-electron chi connectivity index (χ0n) is 14.0. The molecule has 0 radical (unpaired) electrons. The van der Waals surface area contributed by atoms with Gasteiger partial charge in [-0.25, -0.2) is 4.79 Å². The molecule has 1 amide bonds. The van der Waals surface area contributed by atoms with Gasteiger partial charge in [0, 0.05) is 22.8 Å². The first-order chi connectivity index (χ1) is 12.2. The van der Waals surface area contributed by atoms with Crippen molar-refractivity contribution < 1.29 is 9.53 Å². The zero-order valence-corrected chi connectivity index (χ0v) is 14.7. The highest BCUT2D eigenvalue weighted by Gasteiger charge is 2.38. The minimum atomic E-state index is -0.396. The first-order valence-electron chi connectivity index (χ1n) is 8.44. The van der Waals surface area contributed by atoms with Crippen LogP contribution in [0.1, 0.15) is 24.4 Å². The number of hydrogen-bond acceptors (Lipinski definition) is 4. The molecule has 6 heteroatoms. The van der Waals surface area contributed by atoms with Gasteiger partial charge in [-0.1, -0.05) is 29.8 Å². The molecule has 0 spiro atoms. The van der Waals surface area contributed by atoms with E-state index in [1.54, 1.807) is 0 Å². The molecule has 0 unspecified atom stereocenters. The monoisotopic (exact) mass is 357 g/mol. The van der Waals surface area contributed by atoms with Crippen LogP contribution in [-0.2, 0) is 4.74 Å². The van der Waals surface area contributed by atoms with Gasteiger partial charge >= 0.3 is 6.09 Å². The van der Waals surface area contributed by atoms with E-state index in [2.05, 4.69) is 27.7 Å². The number of carbonyl (C=O) groups excluding carboxylic acids is 1. The van der Waals surface area contributed by atoms with Crippen molar-refractivity contribution in [2.75, 3.05) is 23.9 Å². The van der Waals surface area contributed by atoms with E-state index >= 15 is 0 Å². The lowest BCUT2D eigenvalue weighted by atomic mass is 9.89. The second-order valence-electron chi connectivity index (χ2n) is 6.40. The Morgan fingerprint density at radius 2 is 2.12 bits per heavy atom. The van der Waals surface area contributed by atoms with Crippen LogP contribution in [0.15, 0.2) is 42.5 Å². The summed E-state index contributed by atoms with van der Waals surface area (Å²) in [6.07, 6.45) is 1.49. The second kappa shape index (κ2) is 6.48. The van der Waals surface area contributed by atoms with Gasteiger partial charge in [-0.3, -0.25) is 0 Å². The fourth-order valence-corrected chi connectivity index (χ4v) is 4.04. The molecule has 4 rings (SSSR count). The lowest BCUT2D eigenvalue weighted by Gasteiger charge is -2.42. The largest absolute Gasteiger partial charge is 0.453 e. The number of piperidine rings is 1. The summed E-state index contributed by atoms with van der Waals surface area (Å²) in [5.74, 6) is 0. The Morgan fingerprint density at radius 3 is 2.96 bits per heavy atom. The number of anilines is 3. The fraction of sp³-hybridized carbons (Fsp3) is 0.316. The molecular weight excluding hydrogens is 338 g/mol. The van der Waals surface area contributed by atoms with E-state index in [0.29, 0.717) is 5.02 Å². The highest BCUT2D eigenvalue weighted by Crippen LogP contribution is 2.46. The number of alkyl carbamates (subject to hydrolysis) is 1. The van der Waals surface area contributed by atoms with E-state index in [4.69, 9.17) is 16.3 Å². The summed E-state index contributed by atoms with van der Waals surface area (Å²) in [6, 6.07) is 14.1. The molecular formula is C19H20ClN3O2. The molecule has 1 fully saturated rings. The third-order valence-corrected chi connectivity index (χ3v) is 5.17. The summed E-state index contributed by atoms with van der Waals surface area (Å²) in [6.45, 7) is 0.910. The van der Waals surface area contributed by atoms with Gasteiger partial charge in [-0.05, 0) is 37.1 Å². The number of para-hydroxylation sites is 1. The van der Waals surface area contributed by atoms with Crippen LogP contribution in [0.4, 0.5) is 21.9 Å². The van der Waals surface area contributed by atoms with E-state index in [1.807, 2.05) is 30.3 Å². The molecule has 5 nitrogen and oxygen atoms in total. The average Bonchev–Trinajstić information content (AvgIpc) is 2.77. The van der Waals surface area contributed by atoms with Crippen molar-refractivity contribution in [2.24, 2.45) is 0 Å². The van der Waals surface area contributed by atoms with Crippen molar-refractivity contribution >= 4 is 34.8 Å². The van der Waals surface area contributed by atoms with Gasteiger partial charge in [0.25, 0.3) is 0 Å². The molecule has 1 saturated heterocycles. The molecule has 0 aliphatic carbocycles. The van der Waals surface area contributed by atoms with Crippen LogP contribution in [0, 0.1) is 0 Å². The Hall–Kier alpha value is -2.40. The van der Waals surface area contributed by atoms with E-state index in [1.165, 1.54) is 7.11 Å². The molecule has 0 aromatic heterocycles. The Morgan fingerprint density at radius 1 is 1.28 bits per heavy atom. The van der Waals surface area contributed by atoms with Crippen molar-refractivity contribution in [1.82, 2.24) is 5.32 Å². The van der Waals surface area contributed by atoms with E-state index in [-0.39, 0.29) is 12.1 Å². The summed E-state index contributed by atoms with van der Waals surface area (Å²) < 4.78 is 4.84. The number of halogens is 1. The molecule has 2 aromatic carbocycles. The number of ether oxygens (including phenoxy) is 1. The average molecular weight is 358 g/mol. The first kappa shape index (κ1) is 16.1. The van der Waals surface area contributed by atoms with Crippen LogP contribution in [0.2, 0.25) is 5.02 Å². The van der Waals surface area contributed by atoms with E-state index in [0.717, 1.165) is 42.0 Å². The minimum absolute atomic E-state index is 0.0243. The molecule has 2 heterocycles.